The number of nitrogens with one attached hydrogen (secondary N) is 1. The number of alkyl halides is 2. The van der Waals surface area contributed by atoms with Gasteiger partial charge in [0.05, 0.1) is 0 Å². The number of H-pyrrole nitrogens is 1. The lowest BCUT2D eigenvalue weighted by molar-refractivity contribution is 0.145. The van der Waals surface area contributed by atoms with Gasteiger partial charge in [0.1, 0.15) is 17.3 Å². The monoisotopic (exact) mass is 268 g/mol. The van der Waals surface area contributed by atoms with E-state index in [0.29, 0.717) is 6.07 Å². The zero-order valence-corrected chi connectivity index (χ0v) is 8.94. The van der Waals surface area contributed by atoms with Crippen LogP contribution in [0.1, 0.15) is 17.7 Å². The lowest BCUT2D eigenvalue weighted by atomic mass is 10.2. The SMILES string of the molecule is N#Cc1c(C(F)F)[nH]c(S(=O)(=O)Cl)cc1=O. The molecular weight excluding hydrogens is 266 g/mol. The van der Waals surface area contributed by atoms with E-state index in [-0.39, 0.29) is 0 Å². The average molecular weight is 269 g/mol. The lowest BCUT2D eigenvalue weighted by Crippen LogP contribution is -2.14. The Morgan fingerprint density at radius 3 is 2.44 bits per heavy atom. The van der Waals surface area contributed by atoms with Gasteiger partial charge < -0.3 is 4.98 Å². The third-order valence-corrected chi connectivity index (χ3v) is 2.87. The summed E-state index contributed by atoms with van der Waals surface area (Å²) >= 11 is 0. The average Bonchev–Trinajstić information content (AvgIpc) is 2.14. The summed E-state index contributed by atoms with van der Waals surface area (Å²) in [6.45, 7) is 0. The smallest absolute Gasteiger partial charge is 0.279 e. The molecule has 0 bridgehead atoms. The van der Waals surface area contributed by atoms with Crippen molar-refractivity contribution < 1.29 is 17.2 Å². The summed E-state index contributed by atoms with van der Waals surface area (Å²) in [4.78, 5) is 12.9. The summed E-state index contributed by atoms with van der Waals surface area (Å²) in [6.07, 6.45) is -3.18. The van der Waals surface area contributed by atoms with Crippen molar-refractivity contribution in [3.05, 3.63) is 27.5 Å². The van der Waals surface area contributed by atoms with E-state index in [1.807, 2.05) is 0 Å². The minimum atomic E-state index is -4.33. The van der Waals surface area contributed by atoms with Gasteiger partial charge in [-0.3, -0.25) is 4.79 Å². The Hall–Kier alpha value is -1.46. The number of hydrogen-bond donors (Lipinski definition) is 1. The first-order valence-corrected chi connectivity index (χ1v) is 5.98. The third-order valence-electron chi connectivity index (χ3n) is 1.63. The normalized spacial score (nSPS) is 11.4. The van der Waals surface area contributed by atoms with Gasteiger partial charge in [0.15, 0.2) is 5.03 Å². The van der Waals surface area contributed by atoms with Gasteiger partial charge in [0.2, 0.25) is 5.43 Å². The lowest BCUT2D eigenvalue weighted by Gasteiger charge is -2.04. The molecule has 5 nitrogen and oxygen atoms in total. The van der Waals surface area contributed by atoms with Crippen LogP contribution in [0.2, 0.25) is 0 Å². The molecule has 86 valence electrons. The van der Waals surface area contributed by atoms with E-state index in [0.717, 1.165) is 0 Å². The quantitative estimate of drug-likeness (QED) is 0.814. The molecule has 1 aromatic rings. The van der Waals surface area contributed by atoms with E-state index in [2.05, 4.69) is 0 Å². The Morgan fingerprint density at radius 2 is 2.06 bits per heavy atom. The van der Waals surface area contributed by atoms with Gasteiger partial charge in [-0.1, -0.05) is 0 Å². The van der Waals surface area contributed by atoms with Crippen molar-refractivity contribution in [1.82, 2.24) is 4.98 Å². The van der Waals surface area contributed by atoms with E-state index in [1.54, 1.807) is 4.98 Å². The van der Waals surface area contributed by atoms with Crippen LogP contribution < -0.4 is 5.43 Å². The van der Waals surface area contributed by atoms with Gasteiger partial charge in [-0.25, -0.2) is 17.2 Å². The van der Waals surface area contributed by atoms with Gasteiger partial charge in [-0.2, -0.15) is 5.26 Å². The van der Waals surface area contributed by atoms with Crippen molar-refractivity contribution in [3.63, 3.8) is 0 Å². The molecule has 1 N–H and O–H groups in total. The zero-order valence-electron chi connectivity index (χ0n) is 7.37. The Balaban J connectivity index is 3.68. The van der Waals surface area contributed by atoms with Gasteiger partial charge in [0, 0.05) is 16.7 Å². The van der Waals surface area contributed by atoms with Crippen LogP contribution in [0.25, 0.3) is 0 Å². The van der Waals surface area contributed by atoms with Crippen LogP contribution in [-0.2, 0) is 9.05 Å². The van der Waals surface area contributed by atoms with Crippen molar-refractivity contribution in [2.24, 2.45) is 0 Å². The van der Waals surface area contributed by atoms with Gasteiger partial charge in [0.25, 0.3) is 15.5 Å². The van der Waals surface area contributed by atoms with Crippen molar-refractivity contribution in [2.45, 2.75) is 11.5 Å². The molecule has 0 atom stereocenters. The van der Waals surface area contributed by atoms with E-state index >= 15 is 0 Å². The minimum Gasteiger partial charge on any atom is -0.342 e. The Labute approximate surface area is 92.7 Å². The van der Waals surface area contributed by atoms with Crippen molar-refractivity contribution in [1.29, 1.82) is 5.26 Å². The van der Waals surface area contributed by atoms with Crippen molar-refractivity contribution in [2.75, 3.05) is 0 Å². The second-order valence-electron chi connectivity index (χ2n) is 2.64. The van der Waals surface area contributed by atoms with Crippen molar-refractivity contribution in [3.8, 4) is 6.07 Å². The number of nitriles is 1. The molecule has 0 aliphatic rings. The molecule has 0 saturated heterocycles. The molecule has 0 aromatic carbocycles. The molecule has 9 heteroatoms. The summed E-state index contributed by atoms with van der Waals surface area (Å²) in [6, 6.07) is 1.74. The minimum absolute atomic E-state index is 0.479. The van der Waals surface area contributed by atoms with Crippen LogP contribution in [0.5, 0.6) is 0 Å². The van der Waals surface area contributed by atoms with E-state index < -0.39 is 37.2 Å². The summed E-state index contributed by atoms with van der Waals surface area (Å²) in [5.74, 6) is 0. The number of nitrogens with zero attached hydrogens (tertiary/aromatic N) is 1. The summed E-state index contributed by atoms with van der Waals surface area (Å²) in [5.41, 5.74) is -3.02. The van der Waals surface area contributed by atoms with E-state index in [4.69, 9.17) is 15.9 Å². The predicted molar refractivity (Wildman–Crippen MR) is 49.8 cm³/mol. The largest absolute Gasteiger partial charge is 0.342 e. The molecule has 0 radical (unpaired) electrons. The van der Waals surface area contributed by atoms with E-state index in [1.165, 1.54) is 6.07 Å². The van der Waals surface area contributed by atoms with Crippen LogP contribution >= 0.6 is 10.7 Å². The second kappa shape index (κ2) is 4.19. The van der Waals surface area contributed by atoms with Gasteiger partial charge in [-0.05, 0) is 0 Å². The van der Waals surface area contributed by atoms with Crippen LogP contribution in [0.3, 0.4) is 0 Å². The molecule has 0 amide bonds. The number of aromatic nitrogens is 1. The second-order valence-corrected chi connectivity index (χ2v) is 5.17. The van der Waals surface area contributed by atoms with E-state index in [9.17, 15) is 22.0 Å². The molecule has 0 saturated carbocycles. The Morgan fingerprint density at radius 1 is 1.50 bits per heavy atom. The number of halogens is 3. The molecule has 0 fully saturated rings. The van der Waals surface area contributed by atoms with Gasteiger partial charge >= 0.3 is 0 Å². The topological polar surface area (TPSA) is 90.8 Å². The fourth-order valence-electron chi connectivity index (χ4n) is 0.966. The number of hydrogen-bond acceptors (Lipinski definition) is 4. The fraction of sp³-hybridized carbons (Fsp3) is 0.143. The van der Waals surface area contributed by atoms with Crippen molar-refractivity contribution >= 4 is 19.7 Å². The maximum atomic E-state index is 12.4. The van der Waals surface area contributed by atoms with Crippen LogP contribution in [0.4, 0.5) is 8.78 Å². The third kappa shape index (κ3) is 2.37. The zero-order chi connectivity index (χ0) is 12.5. The first kappa shape index (κ1) is 12.6. The molecule has 0 spiro atoms. The maximum Gasteiger partial charge on any atom is 0.279 e. The van der Waals surface area contributed by atoms with Crippen LogP contribution in [0.15, 0.2) is 15.9 Å². The molecule has 1 rings (SSSR count). The summed E-state index contributed by atoms with van der Waals surface area (Å²) < 4.78 is 46.5. The number of aromatic amines is 1. The fourth-order valence-corrected chi connectivity index (χ4v) is 1.69. The van der Waals surface area contributed by atoms with Gasteiger partial charge in [-0.15, -0.1) is 0 Å². The van der Waals surface area contributed by atoms with Crippen LogP contribution in [0, 0.1) is 11.3 Å². The highest BCUT2D eigenvalue weighted by Crippen LogP contribution is 2.20. The van der Waals surface area contributed by atoms with Crippen LogP contribution in [-0.4, -0.2) is 13.4 Å². The first-order chi connectivity index (χ1) is 7.27. The molecular formula is C7H3ClF2N2O3S. The maximum absolute atomic E-state index is 12.4. The number of pyridine rings is 1. The highest BCUT2D eigenvalue weighted by atomic mass is 35.7. The molecule has 0 aliphatic carbocycles. The molecule has 0 unspecified atom stereocenters. The standard InChI is InChI=1S/C7H3ClF2N2O3S/c8-16(14,15)5-1-4(13)3(2-11)6(12-5)7(9)10/h1,7H,(H,12,13). The highest BCUT2D eigenvalue weighted by Gasteiger charge is 2.21. The molecule has 16 heavy (non-hydrogen) atoms. The molecule has 1 aromatic heterocycles. The molecule has 1 heterocycles. The highest BCUT2D eigenvalue weighted by molar-refractivity contribution is 8.13. The summed E-state index contributed by atoms with van der Waals surface area (Å²) in [7, 11) is 0.545. The molecule has 0 aliphatic heterocycles. The predicted octanol–water partition coefficient (Wildman–Crippen LogP) is 1.11. The number of rotatable bonds is 2. The summed E-state index contributed by atoms with van der Waals surface area (Å²) in [5, 5.41) is 7.59. The Bertz CT molecular complexity index is 617. The first-order valence-electron chi connectivity index (χ1n) is 3.67. The Kier molecular flexibility index (Phi) is 3.30.